The monoisotopic (exact) mass is 210 g/mol. The van der Waals surface area contributed by atoms with Gasteiger partial charge in [-0.1, -0.05) is 0 Å². The maximum absolute atomic E-state index is 13.5. The van der Waals surface area contributed by atoms with Gasteiger partial charge in [-0.25, -0.2) is 8.78 Å². The Kier molecular flexibility index (Phi) is 2.15. The summed E-state index contributed by atoms with van der Waals surface area (Å²) in [6.07, 6.45) is 2.78. The molecular formula is C10H8F2N2O. The van der Waals surface area contributed by atoms with Crippen LogP contribution in [0.2, 0.25) is 0 Å². The van der Waals surface area contributed by atoms with E-state index < -0.39 is 11.6 Å². The first kappa shape index (κ1) is 9.64. The molecule has 1 heterocycles. The molecule has 0 unspecified atom stereocenters. The number of phenols is 1. The van der Waals surface area contributed by atoms with Gasteiger partial charge in [-0.15, -0.1) is 0 Å². The molecule has 0 spiro atoms. The molecule has 0 atom stereocenters. The smallest absolute Gasteiger partial charge is 0.167 e. The molecule has 5 heteroatoms. The van der Waals surface area contributed by atoms with E-state index in [4.69, 9.17) is 0 Å². The Balaban J connectivity index is 2.69. The second-order valence-electron chi connectivity index (χ2n) is 3.18. The van der Waals surface area contributed by atoms with Crippen LogP contribution in [0.1, 0.15) is 5.56 Å². The standard InChI is InChI=1S/C10H8F2N2O/c1-5-8(15)2-7(10(12)9(5)11)6-3-13-14-4-6/h2-4,15H,1H3,(H,13,14). The summed E-state index contributed by atoms with van der Waals surface area (Å²) >= 11 is 0. The third-order valence-electron chi connectivity index (χ3n) is 2.23. The first-order valence-corrected chi connectivity index (χ1v) is 4.28. The first-order chi connectivity index (χ1) is 7.11. The number of aromatic hydroxyl groups is 1. The molecule has 15 heavy (non-hydrogen) atoms. The molecule has 0 fully saturated rings. The second-order valence-corrected chi connectivity index (χ2v) is 3.18. The number of rotatable bonds is 1. The lowest BCUT2D eigenvalue weighted by atomic mass is 10.1. The van der Waals surface area contributed by atoms with Crippen LogP contribution in [0.25, 0.3) is 11.1 Å². The molecule has 2 N–H and O–H groups in total. The minimum atomic E-state index is -1.04. The van der Waals surface area contributed by atoms with E-state index in [2.05, 4.69) is 10.2 Å². The molecule has 1 aromatic heterocycles. The van der Waals surface area contributed by atoms with Gasteiger partial charge in [0.25, 0.3) is 0 Å². The quantitative estimate of drug-likeness (QED) is 0.759. The molecule has 78 valence electrons. The number of H-pyrrole nitrogens is 1. The molecule has 1 aromatic carbocycles. The average Bonchev–Trinajstić information content (AvgIpc) is 2.73. The van der Waals surface area contributed by atoms with E-state index in [-0.39, 0.29) is 16.9 Å². The van der Waals surface area contributed by atoms with Gasteiger partial charge >= 0.3 is 0 Å². The summed E-state index contributed by atoms with van der Waals surface area (Å²) in [5.41, 5.74) is 0.283. The highest BCUT2D eigenvalue weighted by atomic mass is 19.2. The van der Waals surface area contributed by atoms with Gasteiger partial charge in [-0.2, -0.15) is 5.10 Å². The Bertz CT molecular complexity index is 495. The van der Waals surface area contributed by atoms with Crippen molar-refractivity contribution in [1.29, 1.82) is 0 Å². The Labute approximate surface area is 84.4 Å². The fraction of sp³-hybridized carbons (Fsp3) is 0.100. The van der Waals surface area contributed by atoms with E-state index in [1.807, 2.05) is 0 Å². The third kappa shape index (κ3) is 1.45. The number of hydrogen-bond donors (Lipinski definition) is 2. The first-order valence-electron chi connectivity index (χ1n) is 4.28. The molecule has 0 bridgehead atoms. The molecule has 3 nitrogen and oxygen atoms in total. The van der Waals surface area contributed by atoms with Crippen molar-refractivity contribution < 1.29 is 13.9 Å². The maximum Gasteiger partial charge on any atom is 0.167 e. The second kappa shape index (κ2) is 3.34. The Morgan fingerprint density at radius 1 is 1.33 bits per heavy atom. The molecular weight excluding hydrogens is 202 g/mol. The number of benzene rings is 1. The van der Waals surface area contributed by atoms with Gasteiger partial charge in [0, 0.05) is 22.9 Å². The average molecular weight is 210 g/mol. The van der Waals surface area contributed by atoms with E-state index in [0.717, 1.165) is 0 Å². The van der Waals surface area contributed by atoms with Crippen molar-refractivity contribution in [2.75, 3.05) is 0 Å². The molecule has 0 aliphatic heterocycles. The van der Waals surface area contributed by atoms with Crippen molar-refractivity contribution in [3.63, 3.8) is 0 Å². The topological polar surface area (TPSA) is 48.9 Å². The zero-order valence-electron chi connectivity index (χ0n) is 7.88. The van der Waals surface area contributed by atoms with Crippen LogP contribution in [0, 0.1) is 18.6 Å². The lowest BCUT2D eigenvalue weighted by molar-refractivity contribution is 0.448. The summed E-state index contributed by atoms with van der Waals surface area (Å²) in [5.74, 6) is -2.29. The zero-order chi connectivity index (χ0) is 11.0. The van der Waals surface area contributed by atoms with Crippen LogP contribution < -0.4 is 0 Å². The largest absolute Gasteiger partial charge is 0.508 e. The van der Waals surface area contributed by atoms with Crippen molar-refractivity contribution in [3.8, 4) is 16.9 Å². The fourth-order valence-corrected chi connectivity index (χ4v) is 1.31. The number of halogens is 2. The van der Waals surface area contributed by atoms with Crippen molar-refractivity contribution in [2.24, 2.45) is 0 Å². The fourth-order valence-electron chi connectivity index (χ4n) is 1.31. The van der Waals surface area contributed by atoms with Crippen LogP contribution in [0.5, 0.6) is 5.75 Å². The van der Waals surface area contributed by atoms with Crippen LogP contribution in [-0.4, -0.2) is 15.3 Å². The predicted molar refractivity (Wildman–Crippen MR) is 50.3 cm³/mol. The molecule has 0 aliphatic rings. The Hall–Kier alpha value is -1.91. The van der Waals surface area contributed by atoms with Gasteiger partial charge in [0.2, 0.25) is 0 Å². The van der Waals surface area contributed by atoms with E-state index >= 15 is 0 Å². The summed E-state index contributed by atoms with van der Waals surface area (Å²) in [6.45, 7) is 1.31. The van der Waals surface area contributed by atoms with E-state index in [1.165, 1.54) is 25.4 Å². The van der Waals surface area contributed by atoms with E-state index in [9.17, 15) is 13.9 Å². The van der Waals surface area contributed by atoms with Gasteiger partial charge in [0.05, 0.1) is 6.20 Å². The number of nitrogens with zero attached hydrogens (tertiary/aromatic N) is 1. The highest BCUT2D eigenvalue weighted by molar-refractivity contribution is 5.65. The molecule has 0 saturated heterocycles. The van der Waals surface area contributed by atoms with Gasteiger partial charge in [-0.3, -0.25) is 5.10 Å². The Morgan fingerprint density at radius 3 is 2.67 bits per heavy atom. The van der Waals surface area contributed by atoms with Crippen molar-refractivity contribution >= 4 is 0 Å². The maximum atomic E-state index is 13.5. The summed E-state index contributed by atoms with van der Waals surface area (Å²) in [7, 11) is 0. The molecule has 2 rings (SSSR count). The van der Waals surface area contributed by atoms with Crippen LogP contribution >= 0.6 is 0 Å². The number of hydrogen-bond acceptors (Lipinski definition) is 2. The van der Waals surface area contributed by atoms with Crippen molar-refractivity contribution in [1.82, 2.24) is 10.2 Å². The van der Waals surface area contributed by atoms with Gasteiger partial charge in [-0.05, 0) is 13.0 Å². The summed E-state index contributed by atoms with van der Waals surface area (Å²) < 4.78 is 26.8. The summed E-state index contributed by atoms with van der Waals surface area (Å²) in [4.78, 5) is 0. The molecule has 0 aliphatic carbocycles. The number of aromatic nitrogens is 2. The summed E-state index contributed by atoms with van der Waals surface area (Å²) in [5, 5.41) is 15.5. The van der Waals surface area contributed by atoms with Crippen LogP contribution in [0.4, 0.5) is 8.78 Å². The van der Waals surface area contributed by atoms with Gasteiger partial charge in [0.1, 0.15) is 5.75 Å². The Morgan fingerprint density at radius 2 is 2.07 bits per heavy atom. The number of aromatic amines is 1. The third-order valence-corrected chi connectivity index (χ3v) is 2.23. The lowest BCUT2D eigenvalue weighted by Crippen LogP contribution is -1.93. The van der Waals surface area contributed by atoms with Crippen molar-refractivity contribution in [3.05, 3.63) is 35.7 Å². The highest BCUT2D eigenvalue weighted by Gasteiger charge is 2.16. The minimum absolute atomic E-state index is 0.00986. The van der Waals surface area contributed by atoms with Crippen LogP contribution in [-0.2, 0) is 0 Å². The summed E-state index contributed by atoms with van der Waals surface area (Å²) in [6, 6.07) is 1.18. The highest BCUT2D eigenvalue weighted by Crippen LogP contribution is 2.31. The van der Waals surface area contributed by atoms with Crippen LogP contribution in [0.3, 0.4) is 0 Å². The van der Waals surface area contributed by atoms with Crippen LogP contribution in [0.15, 0.2) is 18.5 Å². The SMILES string of the molecule is Cc1c(O)cc(-c2cn[nH]c2)c(F)c1F. The molecule has 2 aromatic rings. The van der Waals surface area contributed by atoms with Crippen molar-refractivity contribution in [2.45, 2.75) is 6.92 Å². The van der Waals surface area contributed by atoms with E-state index in [0.29, 0.717) is 5.56 Å². The predicted octanol–water partition coefficient (Wildman–Crippen LogP) is 2.37. The molecule has 0 saturated carbocycles. The van der Waals surface area contributed by atoms with Gasteiger partial charge in [0.15, 0.2) is 11.6 Å². The number of phenolic OH excluding ortho intramolecular Hbond substituents is 1. The lowest BCUT2D eigenvalue weighted by Gasteiger charge is -2.06. The number of nitrogens with one attached hydrogen (secondary N) is 1. The molecule has 0 radical (unpaired) electrons. The zero-order valence-corrected chi connectivity index (χ0v) is 7.88. The molecule has 0 amide bonds. The minimum Gasteiger partial charge on any atom is -0.508 e. The normalized spacial score (nSPS) is 10.6. The van der Waals surface area contributed by atoms with E-state index in [1.54, 1.807) is 0 Å². The van der Waals surface area contributed by atoms with Gasteiger partial charge < -0.3 is 5.11 Å².